The summed E-state index contributed by atoms with van der Waals surface area (Å²) >= 11 is 1.71. The van der Waals surface area contributed by atoms with Gasteiger partial charge in [0.25, 0.3) is 0 Å². The highest BCUT2D eigenvalue weighted by atomic mass is 32.2. The van der Waals surface area contributed by atoms with E-state index >= 15 is 0 Å². The summed E-state index contributed by atoms with van der Waals surface area (Å²) in [5.41, 5.74) is 3.63. The third-order valence-electron chi connectivity index (χ3n) is 6.46. The molecule has 2 aromatic carbocycles. The van der Waals surface area contributed by atoms with Crippen molar-refractivity contribution in [2.75, 3.05) is 53.7 Å². The van der Waals surface area contributed by atoms with Crippen LogP contribution in [0.3, 0.4) is 0 Å². The molecule has 4 rings (SSSR count). The predicted molar refractivity (Wildman–Crippen MR) is 156 cm³/mol. The first-order valence-corrected chi connectivity index (χ1v) is 13.2. The van der Waals surface area contributed by atoms with Crippen LogP contribution in [0.25, 0.3) is 5.70 Å². The van der Waals surface area contributed by atoms with E-state index in [4.69, 9.17) is 24.1 Å². The molecular formula is C29H41N3O4S. The zero-order chi connectivity index (χ0) is 27.8. The Morgan fingerprint density at radius 2 is 1.35 bits per heavy atom. The number of rotatable bonds is 4. The van der Waals surface area contributed by atoms with E-state index in [1.54, 1.807) is 26.0 Å². The SMILES string of the molecule is C=C(N=C(SC)N1CC2(CCN(C)CC2)C1)c1ccc(OC)cc1.C=O.C=O.COc1ccc(C)cc1. The van der Waals surface area contributed by atoms with E-state index in [0.717, 1.165) is 41.0 Å². The molecule has 2 aromatic rings. The van der Waals surface area contributed by atoms with Crippen molar-refractivity contribution in [3.63, 3.8) is 0 Å². The molecule has 8 heteroatoms. The number of amidine groups is 1. The van der Waals surface area contributed by atoms with Crippen LogP contribution in [0.15, 0.2) is 60.1 Å². The Hall–Kier alpha value is -3.10. The number of aliphatic imine (C=N–C) groups is 1. The number of carbonyl (C=O) groups excluding carboxylic acids is 2. The van der Waals surface area contributed by atoms with Gasteiger partial charge in [-0.1, -0.05) is 36.0 Å². The van der Waals surface area contributed by atoms with Gasteiger partial charge in [-0.3, -0.25) is 0 Å². The zero-order valence-electron chi connectivity index (χ0n) is 22.9. The fraction of sp³-hybridized carbons (Fsp3) is 0.414. The Morgan fingerprint density at radius 3 is 1.78 bits per heavy atom. The van der Waals surface area contributed by atoms with Gasteiger partial charge in [0.05, 0.1) is 19.9 Å². The number of nitrogens with zero attached hydrogens (tertiary/aromatic N) is 3. The monoisotopic (exact) mass is 527 g/mol. The second kappa shape index (κ2) is 16.6. The molecule has 37 heavy (non-hydrogen) atoms. The highest BCUT2D eigenvalue weighted by molar-refractivity contribution is 8.13. The molecule has 2 fully saturated rings. The van der Waals surface area contributed by atoms with Crippen LogP contribution >= 0.6 is 11.8 Å². The fourth-order valence-electron chi connectivity index (χ4n) is 4.19. The summed E-state index contributed by atoms with van der Waals surface area (Å²) in [4.78, 5) is 25.6. The van der Waals surface area contributed by atoms with Crippen LogP contribution in [-0.2, 0) is 9.59 Å². The molecule has 7 nitrogen and oxygen atoms in total. The lowest BCUT2D eigenvalue weighted by molar-refractivity contribution is -0.0987. The first-order valence-electron chi connectivity index (χ1n) is 12.0. The van der Waals surface area contributed by atoms with Crippen LogP contribution in [0.5, 0.6) is 11.5 Å². The molecule has 0 N–H and O–H groups in total. The molecule has 2 aliphatic rings. The maximum Gasteiger partial charge on any atom is 0.164 e. The number of likely N-dealkylation sites (tertiary alicyclic amines) is 2. The summed E-state index contributed by atoms with van der Waals surface area (Å²) in [6, 6.07) is 15.9. The highest BCUT2D eigenvalue weighted by Crippen LogP contribution is 2.41. The standard InChI is InChI=1S/C19H27N3OS.C8H10O.2CH2O/c1-15(16-5-7-17(23-3)8-6-16)20-18(24-4)22-13-19(14-22)9-11-21(2)12-10-19;1-7-3-5-8(9-2)6-4-7;2*1-2/h5-8H,1,9-14H2,2-4H3;3-6H,1-2H3;2*1H2. The van der Waals surface area contributed by atoms with Crippen molar-refractivity contribution in [3.8, 4) is 11.5 Å². The van der Waals surface area contributed by atoms with E-state index in [0.29, 0.717) is 5.41 Å². The number of benzene rings is 2. The van der Waals surface area contributed by atoms with E-state index < -0.39 is 0 Å². The van der Waals surface area contributed by atoms with Crippen molar-refractivity contribution >= 4 is 36.2 Å². The van der Waals surface area contributed by atoms with E-state index in [9.17, 15) is 0 Å². The first kappa shape index (κ1) is 31.9. The lowest BCUT2D eigenvalue weighted by Crippen LogP contribution is -2.61. The molecule has 0 atom stereocenters. The normalized spacial score (nSPS) is 15.9. The number of hydrogen-bond acceptors (Lipinski definition) is 7. The molecule has 0 aromatic heterocycles. The minimum atomic E-state index is 0.518. The van der Waals surface area contributed by atoms with E-state index in [1.165, 1.54) is 31.5 Å². The van der Waals surface area contributed by atoms with Gasteiger partial charge in [-0.25, -0.2) is 4.99 Å². The van der Waals surface area contributed by atoms with Crippen molar-refractivity contribution in [1.82, 2.24) is 9.80 Å². The van der Waals surface area contributed by atoms with Crippen LogP contribution < -0.4 is 9.47 Å². The van der Waals surface area contributed by atoms with Gasteiger partial charge in [0.1, 0.15) is 25.1 Å². The summed E-state index contributed by atoms with van der Waals surface area (Å²) in [6.45, 7) is 14.9. The second-order valence-electron chi connectivity index (χ2n) is 8.95. The van der Waals surface area contributed by atoms with E-state index in [2.05, 4.69) is 36.6 Å². The number of thioether (sulfide) groups is 1. The number of aryl methyl sites for hydroxylation is 1. The van der Waals surface area contributed by atoms with Crippen LogP contribution in [0.1, 0.15) is 24.0 Å². The van der Waals surface area contributed by atoms with Gasteiger partial charge in [0.2, 0.25) is 0 Å². The van der Waals surface area contributed by atoms with Crippen LogP contribution in [0.2, 0.25) is 0 Å². The van der Waals surface area contributed by atoms with Crippen LogP contribution in [-0.4, -0.2) is 82.2 Å². The van der Waals surface area contributed by atoms with Gasteiger partial charge in [-0.15, -0.1) is 0 Å². The molecule has 0 aliphatic carbocycles. The van der Waals surface area contributed by atoms with Gasteiger partial charge in [0.15, 0.2) is 5.17 Å². The van der Waals surface area contributed by atoms with Crippen molar-refractivity contribution in [1.29, 1.82) is 0 Å². The van der Waals surface area contributed by atoms with Crippen molar-refractivity contribution < 1.29 is 19.1 Å². The van der Waals surface area contributed by atoms with Crippen molar-refractivity contribution in [2.24, 2.45) is 10.4 Å². The molecule has 2 aliphatic heterocycles. The Balaban J connectivity index is 0.000000440. The lowest BCUT2D eigenvalue weighted by atomic mass is 9.72. The number of ether oxygens (including phenoxy) is 2. The summed E-state index contributed by atoms with van der Waals surface area (Å²) in [5.74, 6) is 1.77. The second-order valence-corrected chi connectivity index (χ2v) is 9.72. The predicted octanol–water partition coefficient (Wildman–Crippen LogP) is 5.05. The summed E-state index contributed by atoms with van der Waals surface area (Å²) < 4.78 is 10.2. The molecular weight excluding hydrogens is 486 g/mol. The Labute approximate surface area is 226 Å². The maximum atomic E-state index is 8.00. The molecule has 0 radical (unpaired) electrons. The molecule has 0 unspecified atom stereocenters. The largest absolute Gasteiger partial charge is 0.497 e. The van der Waals surface area contributed by atoms with Crippen LogP contribution in [0.4, 0.5) is 0 Å². The fourth-order valence-corrected chi connectivity index (χ4v) is 4.78. The van der Waals surface area contributed by atoms with Gasteiger partial charge in [0, 0.05) is 18.5 Å². The molecule has 0 bridgehead atoms. The Bertz CT molecular complexity index is 962. The summed E-state index contributed by atoms with van der Waals surface area (Å²) in [6.07, 6.45) is 4.71. The molecule has 2 heterocycles. The van der Waals surface area contributed by atoms with Gasteiger partial charge >= 0.3 is 0 Å². The average molecular weight is 528 g/mol. The third-order valence-corrected chi connectivity index (χ3v) is 7.18. The lowest BCUT2D eigenvalue weighted by Gasteiger charge is -2.54. The third kappa shape index (κ3) is 9.70. The number of methoxy groups -OCH3 is 2. The minimum Gasteiger partial charge on any atom is -0.497 e. The molecule has 2 saturated heterocycles. The topological polar surface area (TPSA) is 71.4 Å². The van der Waals surface area contributed by atoms with Crippen LogP contribution in [0, 0.1) is 12.3 Å². The molecule has 0 amide bonds. The summed E-state index contributed by atoms with van der Waals surface area (Å²) in [7, 11) is 5.57. The smallest absolute Gasteiger partial charge is 0.164 e. The quantitative estimate of drug-likeness (QED) is 0.407. The number of piperidine rings is 1. The molecule has 202 valence electrons. The van der Waals surface area contributed by atoms with Gasteiger partial charge < -0.3 is 28.9 Å². The van der Waals surface area contributed by atoms with Crippen molar-refractivity contribution in [3.05, 3.63) is 66.2 Å². The average Bonchev–Trinajstić information content (AvgIpc) is 2.94. The highest BCUT2D eigenvalue weighted by Gasteiger charge is 2.45. The zero-order valence-corrected chi connectivity index (χ0v) is 23.7. The Kier molecular flexibility index (Phi) is 14.3. The van der Waals surface area contributed by atoms with Gasteiger partial charge in [-0.05, 0) is 88.1 Å². The maximum absolute atomic E-state index is 8.00. The Morgan fingerprint density at radius 1 is 0.892 bits per heavy atom. The first-order chi connectivity index (χ1) is 17.9. The van der Waals surface area contributed by atoms with E-state index in [-0.39, 0.29) is 0 Å². The van der Waals surface area contributed by atoms with Gasteiger partial charge in [-0.2, -0.15) is 0 Å². The van der Waals surface area contributed by atoms with E-state index in [1.807, 2.05) is 62.1 Å². The molecule has 1 spiro atoms. The summed E-state index contributed by atoms with van der Waals surface area (Å²) in [5, 5.41) is 1.08. The minimum absolute atomic E-state index is 0.518. The van der Waals surface area contributed by atoms with Crippen molar-refractivity contribution in [2.45, 2.75) is 19.8 Å². The molecule has 0 saturated carbocycles. The number of hydrogen-bond donors (Lipinski definition) is 0. The number of carbonyl (C=O) groups is 2.